The van der Waals surface area contributed by atoms with Gasteiger partial charge < -0.3 is 9.64 Å². The van der Waals surface area contributed by atoms with Crippen molar-refractivity contribution in [2.75, 3.05) is 30.7 Å². The average molecular weight is 354 g/mol. The molecule has 0 bridgehead atoms. The van der Waals surface area contributed by atoms with Gasteiger partial charge in [-0.1, -0.05) is 6.92 Å². The van der Waals surface area contributed by atoms with E-state index in [0.29, 0.717) is 17.4 Å². The van der Waals surface area contributed by atoms with Crippen LogP contribution in [-0.2, 0) is 14.8 Å². The minimum absolute atomic E-state index is 0.000712. The summed E-state index contributed by atoms with van der Waals surface area (Å²) >= 11 is 0. The summed E-state index contributed by atoms with van der Waals surface area (Å²) in [6.45, 7) is 5.52. The Labute approximate surface area is 144 Å². The number of sulfonamides is 1. The number of likely N-dealkylation sites (tertiary alicyclic amines) is 1. The Balaban J connectivity index is 1.96. The lowest BCUT2D eigenvalue weighted by atomic mass is 9.99. The van der Waals surface area contributed by atoms with Crippen LogP contribution in [0, 0.1) is 5.92 Å². The van der Waals surface area contributed by atoms with Crippen LogP contribution >= 0.6 is 0 Å². The average Bonchev–Trinajstić information content (AvgIpc) is 2.54. The van der Waals surface area contributed by atoms with Gasteiger partial charge in [0.05, 0.1) is 11.9 Å². The SMILES string of the molecule is CC1CCN(C(=O)C(C)Oc2ccc(N(C)S(C)(=O)=O)cc2)CC1. The molecule has 6 nitrogen and oxygen atoms in total. The Morgan fingerprint density at radius 3 is 2.29 bits per heavy atom. The molecular weight excluding hydrogens is 328 g/mol. The molecule has 0 aromatic heterocycles. The van der Waals surface area contributed by atoms with E-state index in [-0.39, 0.29) is 5.91 Å². The molecule has 0 spiro atoms. The lowest BCUT2D eigenvalue weighted by molar-refractivity contribution is -0.139. The number of amides is 1. The molecule has 1 aliphatic rings. The monoisotopic (exact) mass is 354 g/mol. The maximum absolute atomic E-state index is 12.4. The normalized spacial score (nSPS) is 17.4. The molecule has 1 amide bonds. The highest BCUT2D eigenvalue weighted by molar-refractivity contribution is 7.92. The highest BCUT2D eigenvalue weighted by Crippen LogP contribution is 2.22. The van der Waals surface area contributed by atoms with Gasteiger partial charge in [0.15, 0.2) is 6.10 Å². The van der Waals surface area contributed by atoms with Crippen LogP contribution in [0.5, 0.6) is 5.75 Å². The zero-order valence-corrected chi connectivity index (χ0v) is 15.5. The fourth-order valence-corrected chi connectivity index (χ4v) is 3.17. The standard InChI is InChI=1S/C17H26N2O4S/c1-13-9-11-19(12-10-13)17(20)14(2)23-16-7-5-15(6-8-16)18(3)24(4,21)22/h5-8,13-14H,9-12H2,1-4H3. The van der Waals surface area contributed by atoms with E-state index in [4.69, 9.17) is 4.74 Å². The van der Waals surface area contributed by atoms with Gasteiger partial charge in [0.25, 0.3) is 5.91 Å². The summed E-state index contributed by atoms with van der Waals surface area (Å²) in [5.41, 5.74) is 0.550. The fourth-order valence-electron chi connectivity index (χ4n) is 2.67. The number of nitrogens with zero attached hydrogens (tertiary/aromatic N) is 2. The molecule has 0 aliphatic carbocycles. The molecule has 1 aliphatic heterocycles. The van der Waals surface area contributed by atoms with Crippen LogP contribution in [0.25, 0.3) is 0 Å². The number of hydrogen-bond acceptors (Lipinski definition) is 4. The van der Waals surface area contributed by atoms with E-state index in [2.05, 4.69) is 6.92 Å². The lowest BCUT2D eigenvalue weighted by Crippen LogP contribution is -2.44. The molecule has 1 aromatic carbocycles. The van der Waals surface area contributed by atoms with Crippen molar-refractivity contribution in [1.29, 1.82) is 0 Å². The fraction of sp³-hybridized carbons (Fsp3) is 0.588. The first-order valence-electron chi connectivity index (χ1n) is 8.18. The third-order valence-corrected chi connectivity index (χ3v) is 5.66. The number of rotatable bonds is 5. The maximum atomic E-state index is 12.4. The van der Waals surface area contributed by atoms with Crippen LogP contribution in [0.15, 0.2) is 24.3 Å². The van der Waals surface area contributed by atoms with Crippen LogP contribution in [0.3, 0.4) is 0 Å². The molecule has 134 valence electrons. The van der Waals surface area contributed by atoms with E-state index in [9.17, 15) is 13.2 Å². The van der Waals surface area contributed by atoms with Gasteiger partial charge in [0, 0.05) is 20.1 Å². The maximum Gasteiger partial charge on any atom is 0.263 e. The van der Waals surface area contributed by atoms with Crippen LogP contribution in [0.2, 0.25) is 0 Å². The number of benzene rings is 1. The van der Waals surface area contributed by atoms with E-state index in [1.165, 1.54) is 11.4 Å². The molecule has 1 unspecified atom stereocenters. The second kappa shape index (κ2) is 7.42. The molecule has 0 N–H and O–H groups in total. The van der Waals surface area contributed by atoms with Gasteiger partial charge in [-0.25, -0.2) is 8.42 Å². The first-order chi connectivity index (χ1) is 11.2. The topological polar surface area (TPSA) is 66.9 Å². The molecule has 7 heteroatoms. The zero-order valence-electron chi connectivity index (χ0n) is 14.7. The summed E-state index contributed by atoms with van der Waals surface area (Å²) in [6.07, 6.45) is 2.66. The Morgan fingerprint density at radius 2 is 1.79 bits per heavy atom. The molecule has 2 rings (SSSR count). The van der Waals surface area contributed by atoms with Gasteiger partial charge >= 0.3 is 0 Å². The minimum Gasteiger partial charge on any atom is -0.481 e. The summed E-state index contributed by atoms with van der Waals surface area (Å²) in [4.78, 5) is 14.3. The summed E-state index contributed by atoms with van der Waals surface area (Å²) < 4.78 is 30.0. The van der Waals surface area contributed by atoms with E-state index >= 15 is 0 Å². The summed E-state index contributed by atoms with van der Waals surface area (Å²) in [7, 11) is -1.80. The van der Waals surface area contributed by atoms with Crippen LogP contribution in [0.4, 0.5) is 5.69 Å². The predicted octanol–water partition coefficient (Wildman–Crippen LogP) is 2.11. The number of hydrogen-bond donors (Lipinski definition) is 0. The van der Waals surface area contributed by atoms with Crippen molar-refractivity contribution in [2.24, 2.45) is 5.92 Å². The second-order valence-electron chi connectivity index (χ2n) is 6.49. The van der Waals surface area contributed by atoms with Gasteiger partial charge in [-0.3, -0.25) is 9.10 Å². The Bertz CT molecular complexity index is 664. The molecule has 1 aromatic rings. The van der Waals surface area contributed by atoms with Gasteiger partial charge in [-0.15, -0.1) is 0 Å². The molecule has 1 saturated heterocycles. The molecule has 1 atom stereocenters. The number of piperidine rings is 1. The number of carbonyl (C=O) groups excluding carboxylic acids is 1. The van der Waals surface area contributed by atoms with Crippen molar-refractivity contribution in [3.8, 4) is 5.75 Å². The third-order valence-electron chi connectivity index (χ3n) is 4.45. The van der Waals surface area contributed by atoms with Crippen molar-refractivity contribution < 1.29 is 17.9 Å². The third kappa shape index (κ3) is 4.63. The Morgan fingerprint density at radius 1 is 1.25 bits per heavy atom. The first kappa shape index (κ1) is 18.6. The second-order valence-corrected chi connectivity index (χ2v) is 8.51. The van der Waals surface area contributed by atoms with Crippen molar-refractivity contribution in [3.05, 3.63) is 24.3 Å². The zero-order chi connectivity index (χ0) is 17.9. The Kier molecular flexibility index (Phi) is 5.74. The lowest BCUT2D eigenvalue weighted by Gasteiger charge is -2.32. The molecule has 24 heavy (non-hydrogen) atoms. The largest absolute Gasteiger partial charge is 0.481 e. The highest BCUT2D eigenvalue weighted by atomic mass is 32.2. The van der Waals surface area contributed by atoms with Gasteiger partial charge in [0.1, 0.15) is 5.75 Å². The van der Waals surface area contributed by atoms with E-state index in [0.717, 1.165) is 32.2 Å². The molecule has 0 saturated carbocycles. The van der Waals surface area contributed by atoms with E-state index < -0.39 is 16.1 Å². The molecule has 1 heterocycles. The summed E-state index contributed by atoms with van der Waals surface area (Å²) in [6, 6.07) is 6.68. The predicted molar refractivity (Wildman–Crippen MR) is 94.8 cm³/mol. The van der Waals surface area contributed by atoms with Gasteiger partial charge in [-0.2, -0.15) is 0 Å². The van der Waals surface area contributed by atoms with Crippen molar-refractivity contribution in [1.82, 2.24) is 4.90 Å². The van der Waals surface area contributed by atoms with Gasteiger partial charge in [0.2, 0.25) is 10.0 Å². The number of carbonyl (C=O) groups is 1. The minimum atomic E-state index is -3.29. The van der Waals surface area contributed by atoms with Crippen molar-refractivity contribution in [3.63, 3.8) is 0 Å². The van der Waals surface area contributed by atoms with Crippen molar-refractivity contribution >= 4 is 21.6 Å². The molecule has 0 radical (unpaired) electrons. The number of anilines is 1. The quantitative estimate of drug-likeness (QED) is 0.812. The number of ether oxygens (including phenoxy) is 1. The smallest absolute Gasteiger partial charge is 0.263 e. The van der Waals surface area contributed by atoms with Gasteiger partial charge in [-0.05, 0) is 49.9 Å². The van der Waals surface area contributed by atoms with Crippen LogP contribution in [-0.4, -0.2) is 51.7 Å². The Hall–Kier alpha value is -1.76. The first-order valence-corrected chi connectivity index (χ1v) is 10.0. The summed E-state index contributed by atoms with van der Waals surface area (Å²) in [5.74, 6) is 1.22. The van der Waals surface area contributed by atoms with Crippen molar-refractivity contribution in [2.45, 2.75) is 32.8 Å². The molecular formula is C17H26N2O4S. The van der Waals surface area contributed by atoms with Crippen LogP contribution in [0.1, 0.15) is 26.7 Å². The van der Waals surface area contributed by atoms with E-state index in [1.54, 1.807) is 31.2 Å². The molecule has 1 fully saturated rings. The highest BCUT2D eigenvalue weighted by Gasteiger charge is 2.25. The van der Waals surface area contributed by atoms with Crippen LogP contribution < -0.4 is 9.04 Å². The summed E-state index contributed by atoms with van der Waals surface area (Å²) in [5, 5.41) is 0. The van der Waals surface area contributed by atoms with E-state index in [1.807, 2.05) is 4.90 Å².